The summed E-state index contributed by atoms with van der Waals surface area (Å²) in [6, 6.07) is 6.00. The maximum Gasteiger partial charge on any atom is 0.255 e. The van der Waals surface area contributed by atoms with Crippen LogP contribution in [0.25, 0.3) is 27.9 Å². The van der Waals surface area contributed by atoms with Gasteiger partial charge in [0.05, 0.1) is 23.5 Å². The van der Waals surface area contributed by atoms with Gasteiger partial charge in [0, 0.05) is 17.1 Å². The van der Waals surface area contributed by atoms with Crippen LogP contribution in [0.4, 0.5) is 3.89 Å². The van der Waals surface area contributed by atoms with Crippen molar-refractivity contribution in [2.45, 2.75) is 33.2 Å². The maximum absolute atomic E-state index is 13.4. The van der Waals surface area contributed by atoms with E-state index < -0.39 is 5.54 Å². The number of benzene rings is 1. The van der Waals surface area contributed by atoms with Crippen LogP contribution >= 0.6 is 12.3 Å². The van der Waals surface area contributed by atoms with Gasteiger partial charge in [-0.15, -0.1) is 3.89 Å². The van der Waals surface area contributed by atoms with E-state index in [0.717, 1.165) is 16.5 Å². The number of hydrogen-bond donors (Lipinski definition) is 1. The Morgan fingerprint density at radius 1 is 1.25 bits per heavy atom. The third-order valence-corrected chi connectivity index (χ3v) is 4.63. The Bertz CT molecular complexity index is 1210. The van der Waals surface area contributed by atoms with Crippen molar-refractivity contribution in [2.24, 2.45) is 0 Å². The number of carbonyl (C=O) groups excluding carboxylic acids is 1. The summed E-state index contributed by atoms with van der Waals surface area (Å²) in [5, 5.41) is 8.25. The summed E-state index contributed by atoms with van der Waals surface area (Å²) in [6.07, 6.45) is 4.68. The molecule has 7 nitrogen and oxygen atoms in total. The number of aryl methyl sites for hydroxylation is 1. The highest BCUT2D eigenvalue weighted by atomic mass is 32.2. The summed E-state index contributed by atoms with van der Waals surface area (Å²) in [7, 11) is 0. The van der Waals surface area contributed by atoms with Gasteiger partial charge in [-0.1, -0.05) is 12.1 Å². The van der Waals surface area contributed by atoms with Gasteiger partial charge in [0.15, 0.2) is 23.8 Å². The number of nitrogens with one attached hydrogen (secondary N) is 1. The lowest BCUT2D eigenvalue weighted by molar-refractivity contribution is 0.0921. The van der Waals surface area contributed by atoms with Crippen LogP contribution in [-0.2, 0) is 0 Å². The predicted molar refractivity (Wildman–Crippen MR) is 108 cm³/mol. The van der Waals surface area contributed by atoms with Crippen molar-refractivity contribution in [1.82, 2.24) is 29.0 Å². The molecule has 28 heavy (non-hydrogen) atoms. The number of carbonyl (C=O) groups is 1. The van der Waals surface area contributed by atoms with Crippen molar-refractivity contribution < 1.29 is 8.68 Å². The number of halogens is 1. The molecule has 3 aromatic heterocycles. The third kappa shape index (κ3) is 3.22. The fraction of sp³-hybridized carbons (Fsp3) is 0.263. The van der Waals surface area contributed by atoms with E-state index in [4.69, 9.17) is 0 Å². The molecule has 0 spiro atoms. The van der Waals surface area contributed by atoms with Crippen LogP contribution < -0.4 is 5.32 Å². The van der Waals surface area contributed by atoms with Gasteiger partial charge in [0.1, 0.15) is 5.52 Å². The van der Waals surface area contributed by atoms with Crippen LogP contribution in [0.1, 0.15) is 36.7 Å². The maximum atomic E-state index is 13.4. The first-order valence-electron chi connectivity index (χ1n) is 8.71. The molecule has 9 heteroatoms. The summed E-state index contributed by atoms with van der Waals surface area (Å²) >= 11 is -0.0259. The lowest BCUT2D eigenvalue weighted by Crippen LogP contribution is -2.40. The summed E-state index contributed by atoms with van der Waals surface area (Å²) in [4.78, 5) is 21.6. The van der Waals surface area contributed by atoms with Gasteiger partial charge in [-0.3, -0.25) is 4.79 Å². The predicted octanol–water partition coefficient (Wildman–Crippen LogP) is 3.99. The molecule has 1 aromatic carbocycles. The van der Waals surface area contributed by atoms with E-state index in [1.807, 2.05) is 45.9 Å². The monoisotopic (exact) mass is 398 g/mol. The van der Waals surface area contributed by atoms with E-state index in [9.17, 15) is 8.68 Å². The van der Waals surface area contributed by atoms with Crippen molar-refractivity contribution in [2.75, 3.05) is 0 Å². The highest BCUT2D eigenvalue weighted by Gasteiger charge is 2.23. The highest BCUT2D eigenvalue weighted by molar-refractivity contribution is 7.92. The summed E-state index contributed by atoms with van der Waals surface area (Å²) < 4.78 is 16.2. The lowest BCUT2D eigenvalue weighted by atomic mass is 10.1. The van der Waals surface area contributed by atoms with E-state index in [2.05, 4.69) is 20.4 Å². The van der Waals surface area contributed by atoms with Gasteiger partial charge in [-0.2, -0.15) is 5.10 Å². The zero-order valence-corrected chi connectivity index (χ0v) is 16.7. The molecule has 1 N–H and O–H groups in total. The fourth-order valence-corrected chi connectivity index (χ4v) is 3.34. The first-order chi connectivity index (χ1) is 13.3. The fourth-order valence-electron chi connectivity index (χ4n) is 2.99. The first-order valence-corrected chi connectivity index (χ1v) is 9.39. The number of nitrogens with zero attached hydrogens (tertiary/aromatic N) is 5. The number of hydrogen-bond acceptors (Lipinski definition) is 5. The van der Waals surface area contributed by atoms with E-state index in [1.54, 1.807) is 10.9 Å². The minimum absolute atomic E-state index is 0.0259. The Hall–Kier alpha value is -2.94. The number of fused-ring (bicyclic) bond motifs is 2. The minimum Gasteiger partial charge on any atom is -0.347 e. The SMILES string of the molecule is Cc1ccc2cnn(-c3cnc4c(n3)c(C(=O)NC(C)(C)C)cn4SF)c2c1. The molecule has 4 rings (SSSR count). The molecule has 1 amide bonds. The molecular weight excluding hydrogens is 379 g/mol. The van der Waals surface area contributed by atoms with E-state index in [-0.39, 0.29) is 29.5 Å². The summed E-state index contributed by atoms with van der Waals surface area (Å²) in [5.41, 5.74) is 2.40. The smallest absolute Gasteiger partial charge is 0.255 e. The number of rotatable bonds is 3. The number of aromatic nitrogens is 5. The minimum atomic E-state index is -0.435. The van der Waals surface area contributed by atoms with Gasteiger partial charge < -0.3 is 5.32 Å². The zero-order chi connectivity index (χ0) is 20.1. The van der Waals surface area contributed by atoms with Crippen LogP contribution in [0.2, 0.25) is 0 Å². The molecule has 0 unspecified atom stereocenters. The molecular formula is C19H19FN6OS. The molecule has 0 saturated carbocycles. The average Bonchev–Trinajstić information content (AvgIpc) is 3.20. The molecule has 0 aliphatic heterocycles. The second kappa shape index (κ2) is 6.59. The van der Waals surface area contributed by atoms with Crippen molar-refractivity contribution in [3.8, 4) is 5.82 Å². The lowest BCUT2D eigenvalue weighted by Gasteiger charge is -2.20. The van der Waals surface area contributed by atoms with Crippen LogP contribution in [0.15, 0.2) is 36.8 Å². The normalized spacial score (nSPS) is 12.0. The van der Waals surface area contributed by atoms with Crippen LogP contribution in [0, 0.1) is 6.92 Å². The van der Waals surface area contributed by atoms with Gasteiger partial charge in [0.25, 0.3) is 5.91 Å². The Morgan fingerprint density at radius 2 is 2.04 bits per heavy atom. The molecule has 144 valence electrons. The number of amides is 1. The van der Waals surface area contributed by atoms with Crippen LogP contribution in [0.3, 0.4) is 0 Å². The van der Waals surface area contributed by atoms with Gasteiger partial charge in [-0.05, 0) is 39.3 Å². The van der Waals surface area contributed by atoms with E-state index >= 15 is 0 Å². The average molecular weight is 398 g/mol. The van der Waals surface area contributed by atoms with Crippen molar-refractivity contribution in [1.29, 1.82) is 0 Å². The van der Waals surface area contributed by atoms with Crippen molar-refractivity contribution >= 4 is 40.3 Å². The molecule has 3 heterocycles. The Balaban J connectivity index is 1.89. The van der Waals surface area contributed by atoms with Crippen LogP contribution in [-0.4, -0.2) is 35.2 Å². The highest BCUT2D eigenvalue weighted by Crippen LogP contribution is 2.25. The van der Waals surface area contributed by atoms with Crippen LogP contribution in [0.5, 0.6) is 0 Å². The third-order valence-electron chi connectivity index (χ3n) is 4.20. The summed E-state index contributed by atoms with van der Waals surface area (Å²) in [5.74, 6) is 0.123. The van der Waals surface area contributed by atoms with Gasteiger partial charge >= 0.3 is 0 Å². The second-order valence-corrected chi connectivity index (χ2v) is 8.19. The second-order valence-electron chi connectivity index (χ2n) is 7.66. The standard InChI is InChI=1S/C19H19FN6OS/c1-11-5-6-12-8-22-26(14(12)7-11)15-9-21-17-16(23-15)13(10-25(17)28-20)18(27)24-19(2,3)4/h5-10H,1-4H3,(H,24,27). The largest absolute Gasteiger partial charge is 0.347 e. The van der Waals surface area contributed by atoms with Crippen molar-refractivity contribution in [3.05, 3.63) is 47.9 Å². The molecule has 0 saturated heterocycles. The molecule has 0 bridgehead atoms. The topological polar surface area (TPSA) is 77.6 Å². The zero-order valence-electron chi connectivity index (χ0n) is 15.9. The molecule has 0 atom stereocenters. The van der Waals surface area contributed by atoms with Gasteiger partial charge in [0.2, 0.25) is 0 Å². The molecule has 0 fully saturated rings. The molecule has 0 aliphatic carbocycles. The van der Waals surface area contributed by atoms with E-state index in [0.29, 0.717) is 11.3 Å². The van der Waals surface area contributed by atoms with E-state index in [1.165, 1.54) is 16.4 Å². The Labute approximate surface area is 165 Å². The van der Waals surface area contributed by atoms with Crippen molar-refractivity contribution in [3.63, 3.8) is 0 Å². The first kappa shape index (κ1) is 18.4. The quantitative estimate of drug-likeness (QED) is 0.565. The van der Waals surface area contributed by atoms with Gasteiger partial charge in [-0.25, -0.2) is 18.6 Å². The Morgan fingerprint density at radius 3 is 2.75 bits per heavy atom. The molecule has 4 aromatic rings. The summed E-state index contributed by atoms with van der Waals surface area (Å²) in [6.45, 7) is 7.63. The molecule has 0 aliphatic rings. The Kier molecular flexibility index (Phi) is 4.34. The molecule has 0 radical (unpaired) electrons.